The first kappa shape index (κ1) is 3.74. The van der Waals surface area contributed by atoms with Gasteiger partial charge in [-0.3, -0.25) is 11.4 Å². The molecule has 4 aliphatic rings. The molecule has 0 amide bonds. The second-order valence-corrected chi connectivity index (χ2v) is 4.62. The van der Waals surface area contributed by atoms with Gasteiger partial charge in [0.2, 0.25) is 0 Å². The van der Waals surface area contributed by atoms with Crippen LogP contribution >= 0.6 is 0 Å². The maximum atomic E-state index is 1.50. The average Bonchev–Trinajstić information content (AvgIpc) is 2.12. The second kappa shape index (κ2) is 0.516. The van der Waals surface area contributed by atoms with Gasteiger partial charge in [0.1, 0.15) is 0 Å². The molecule has 7 heteroatoms. The third kappa shape index (κ3) is 0.0996. The van der Waals surface area contributed by atoms with Gasteiger partial charge in [0.15, 0.2) is 0 Å². The third-order valence-corrected chi connectivity index (χ3v) is 5.66. The van der Waals surface area contributed by atoms with Crippen molar-refractivity contribution in [2.75, 3.05) is 0 Å². The largest absolute Gasteiger partial charge is 0.364 e. The molecule has 0 saturated carbocycles. The predicted octanol–water partition coefficient (Wildman–Crippen LogP) is -2.28. The zero-order valence-corrected chi connectivity index (χ0v) is 5.81. The van der Waals surface area contributed by atoms with Crippen LogP contribution in [-0.2, 0) is 0 Å². The topological polar surface area (TPSA) is 0 Å². The van der Waals surface area contributed by atoms with Crippen LogP contribution in [0.5, 0.6) is 0 Å². The molecule has 0 aromatic heterocycles. The summed E-state index contributed by atoms with van der Waals surface area (Å²) in [6, 6.07) is 0. The maximum absolute atomic E-state index is 1.50. The molecule has 30 valence electrons. The standard InChI is InChI=1S/B6.Dy/c1-2-5(1)3-4(5)6(1,2)3;/q-2;. The Kier molecular flexibility index (Phi) is 0.276. The van der Waals surface area contributed by atoms with E-state index in [2.05, 4.69) is 0 Å². The zero-order chi connectivity index (χ0) is 3.31. The molecule has 0 N–H and O–H groups in total. The van der Waals surface area contributed by atoms with Gasteiger partial charge in [0.25, 0.3) is 0 Å². The van der Waals surface area contributed by atoms with Gasteiger partial charge in [0, 0.05) is 38.2 Å². The first-order chi connectivity index (χ1) is 2.98. The number of hydrogen-bond donors (Lipinski definition) is 0. The SMILES string of the molecule is B12B3[B-]14B1B4[B-]231.[Dy]. The van der Waals surface area contributed by atoms with Crippen LogP contribution in [0, 0.1) is 38.2 Å². The summed E-state index contributed by atoms with van der Waals surface area (Å²) in [4.78, 5) is 0. The Morgan fingerprint density at radius 1 is 0.714 bits per heavy atom. The van der Waals surface area contributed by atoms with Crippen molar-refractivity contribution in [1.82, 2.24) is 0 Å². The second-order valence-electron chi connectivity index (χ2n) is 4.62. The normalized spacial score (nSPS) is 48.0. The van der Waals surface area contributed by atoms with Gasteiger partial charge in [-0.05, 0) is 0 Å². The number of rotatable bonds is 0. The summed E-state index contributed by atoms with van der Waals surface area (Å²) in [5.41, 5.74) is 1.33. The van der Waals surface area contributed by atoms with E-state index in [1.54, 1.807) is 0 Å². The van der Waals surface area contributed by atoms with Crippen LogP contribution in [0.2, 0.25) is 0 Å². The Labute approximate surface area is 74.3 Å². The molecule has 4 heterocycles. The molecule has 2 spiro atoms. The zero-order valence-electron chi connectivity index (χ0n) is 3.78. The van der Waals surface area contributed by atoms with E-state index >= 15 is 0 Å². The first-order valence-electron chi connectivity index (χ1n) is 3.33. The Balaban J connectivity index is 0.000000200. The van der Waals surface area contributed by atoms with Crippen LogP contribution in [0.4, 0.5) is 0 Å². The Morgan fingerprint density at radius 3 is 1.00 bits per heavy atom. The smallest absolute Gasteiger partial charge is 0 e. The Hall–Kier alpha value is 1.66. The Bertz CT molecular complexity index is 149. The molecule has 0 aromatic rings. The molecule has 0 unspecified atom stereocenters. The maximum Gasteiger partial charge on any atom is 0 e. The van der Waals surface area contributed by atoms with Crippen molar-refractivity contribution in [3.63, 3.8) is 0 Å². The first-order valence-corrected chi connectivity index (χ1v) is 3.33. The van der Waals surface area contributed by atoms with E-state index in [4.69, 9.17) is 0 Å². The molecule has 4 aliphatic heterocycles. The van der Waals surface area contributed by atoms with Crippen LogP contribution in [0.1, 0.15) is 0 Å². The number of fused-ring (bicyclic) bond motifs is 10. The molecule has 0 atom stereocenters. The molecule has 0 nitrogen and oxygen atoms in total. The van der Waals surface area contributed by atoms with E-state index in [-0.39, 0.29) is 38.2 Å². The monoisotopic (exact) mass is 230 g/mol. The van der Waals surface area contributed by atoms with Crippen molar-refractivity contribution in [2.24, 2.45) is 0 Å². The minimum absolute atomic E-state index is 0. The van der Waals surface area contributed by atoms with Gasteiger partial charge in [0.05, 0.1) is 0 Å². The van der Waals surface area contributed by atoms with Gasteiger partial charge < -0.3 is 25.5 Å². The molecule has 0 bridgehead atoms. The van der Waals surface area contributed by atoms with Crippen molar-refractivity contribution in [2.45, 2.75) is 0 Å². The molecule has 0 radical (unpaired) electrons. The van der Waals surface area contributed by atoms with E-state index in [9.17, 15) is 0 Å². The third-order valence-electron chi connectivity index (χ3n) is 5.66. The molecular formula is B6Dy-2. The summed E-state index contributed by atoms with van der Waals surface area (Å²) in [6.07, 6.45) is 6.00. The summed E-state index contributed by atoms with van der Waals surface area (Å²) in [5.74, 6) is 0. The molecule has 0 aliphatic carbocycles. The van der Waals surface area contributed by atoms with Crippen LogP contribution in [0.25, 0.3) is 0 Å². The quantitative estimate of drug-likeness (QED) is 0.409. The summed E-state index contributed by atoms with van der Waals surface area (Å²) < 4.78 is 0. The average molecular weight is 227 g/mol. The molecule has 4 rings (SSSR count). The van der Waals surface area contributed by atoms with Crippen molar-refractivity contribution in [3.8, 4) is 0 Å². The van der Waals surface area contributed by atoms with Gasteiger partial charge in [-0.15, -0.1) is 0 Å². The molecular weight excluding hydrogens is 227 g/mol. The van der Waals surface area contributed by atoms with Crippen molar-refractivity contribution < 1.29 is 38.2 Å². The van der Waals surface area contributed by atoms with Gasteiger partial charge in [-0.25, -0.2) is 0 Å². The molecule has 4 saturated heterocycles. The predicted molar refractivity (Wildman–Crippen MR) is 34.5 cm³/mol. The summed E-state index contributed by atoms with van der Waals surface area (Å²) in [7, 11) is 0. The van der Waals surface area contributed by atoms with Crippen LogP contribution in [0.3, 0.4) is 0 Å². The van der Waals surface area contributed by atoms with Crippen LogP contribution in [-0.4, -0.2) is 37.0 Å². The van der Waals surface area contributed by atoms with E-state index in [0.717, 1.165) is 0 Å². The van der Waals surface area contributed by atoms with Crippen molar-refractivity contribution in [1.29, 1.82) is 0 Å². The minimum atomic E-state index is 0. The minimum Gasteiger partial charge on any atom is -0.364 e. The number of hydrogen-bond acceptors (Lipinski definition) is 0. The fourth-order valence-corrected chi connectivity index (χ4v) is 5.80. The van der Waals surface area contributed by atoms with Gasteiger partial charge >= 0.3 is 0 Å². The Morgan fingerprint density at radius 2 is 1.00 bits per heavy atom. The van der Waals surface area contributed by atoms with Crippen LogP contribution in [0.15, 0.2) is 0 Å². The van der Waals surface area contributed by atoms with E-state index in [1.807, 2.05) is 0 Å². The van der Waals surface area contributed by atoms with E-state index < -0.39 is 0 Å². The molecule has 7 heavy (non-hydrogen) atoms. The summed E-state index contributed by atoms with van der Waals surface area (Å²) in [6.45, 7) is 0. The van der Waals surface area contributed by atoms with Crippen molar-refractivity contribution in [3.05, 3.63) is 0 Å². The molecule has 4 fully saturated rings. The van der Waals surface area contributed by atoms with Gasteiger partial charge in [-0.2, -0.15) is 0 Å². The summed E-state index contributed by atoms with van der Waals surface area (Å²) >= 11 is 0. The van der Waals surface area contributed by atoms with E-state index in [0.29, 0.717) is 11.4 Å². The van der Waals surface area contributed by atoms with E-state index in [1.165, 1.54) is 25.5 Å². The fraction of sp³-hybridized carbons (Fsp3) is 0. The molecule has 0 aromatic carbocycles. The van der Waals surface area contributed by atoms with Gasteiger partial charge in [-0.1, -0.05) is 0 Å². The fourth-order valence-electron chi connectivity index (χ4n) is 5.80. The summed E-state index contributed by atoms with van der Waals surface area (Å²) in [5, 5.41) is 0. The van der Waals surface area contributed by atoms with Crippen LogP contribution < -0.4 is 0 Å². The van der Waals surface area contributed by atoms with Crippen molar-refractivity contribution >= 4 is 37.0 Å².